The van der Waals surface area contributed by atoms with Crippen LogP contribution in [-0.2, 0) is 4.79 Å². The monoisotopic (exact) mass is 282 g/mol. The molecular formula is C15H26N2OS. The second kappa shape index (κ2) is 5.39. The number of nitrogens with two attached hydrogens (primary N) is 1. The van der Waals surface area contributed by atoms with Crippen LogP contribution in [0, 0.1) is 23.2 Å². The lowest BCUT2D eigenvalue weighted by atomic mass is 9.61. The van der Waals surface area contributed by atoms with Crippen LogP contribution < -0.4 is 11.1 Å². The number of rotatable bonds is 3. The van der Waals surface area contributed by atoms with Gasteiger partial charge in [0, 0.05) is 6.04 Å². The molecule has 3 N–H and O–H groups in total. The predicted molar refractivity (Wildman–Crippen MR) is 81.7 cm³/mol. The van der Waals surface area contributed by atoms with E-state index in [2.05, 4.69) is 26.1 Å². The topological polar surface area (TPSA) is 55.1 Å². The minimum Gasteiger partial charge on any atom is -0.392 e. The van der Waals surface area contributed by atoms with Crippen LogP contribution in [0.15, 0.2) is 0 Å². The zero-order valence-corrected chi connectivity index (χ0v) is 13.1. The van der Waals surface area contributed by atoms with Crippen LogP contribution in [0.1, 0.15) is 52.9 Å². The highest BCUT2D eigenvalue weighted by Crippen LogP contribution is 2.46. The van der Waals surface area contributed by atoms with Gasteiger partial charge in [-0.3, -0.25) is 4.79 Å². The van der Waals surface area contributed by atoms with Gasteiger partial charge >= 0.3 is 0 Å². The maximum atomic E-state index is 12.5. The zero-order valence-electron chi connectivity index (χ0n) is 12.2. The van der Waals surface area contributed by atoms with Crippen LogP contribution in [0.25, 0.3) is 0 Å². The Kier molecular flexibility index (Phi) is 4.19. The fourth-order valence-corrected chi connectivity index (χ4v) is 4.28. The molecule has 4 heteroatoms. The molecule has 1 amide bonds. The number of amides is 1. The fourth-order valence-electron chi connectivity index (χ4n) is 4.02. The Labute approximate surface area is 121 Å². The molecular weight excluding hydrogens is 256 g/mol. The first-order valence-corrected chi connectivity index (χ1v) is 7.85. The number of hydrogen-bond acceptors (Lipinski definition) is 2. The molecule has 19 heavy (non-hydrogen) atoms. The van der Waals surface area contributed by atoms with Crippen LogP contribution in [-0.4, -0.2) is 16.9 Å². The minimum atomic E-state index is -0.557. The smallest absolute Gasteiger partial charge is 0.233 e. The van der Waals surface area contributed by atoms with E-state index >= 15 is 0 Å². The van der Waals surface area contributed by atoms with Gasteiger partial charge in [-0.2, -0.15) is 0 Å². The molecule has 0 aromatic rings. The van der Waals surface area contributed by atoms with Gasteiger partial charge < -0.3 is 11.1 Å². The number of hydrogen-bond donors (Lipinski definition) is 2. The van der Waals surface area contributed by atoms with Gasteiger partial charge in [0.15, 0.2) is 0 Å². The minimum absolute atomic E-state index is 0.0735. The molecule has 0 aromatic heterocycles. The highest BCUT2D eigenvalue weighted by Gasteiger charge is 2.51. The first-order valence-electron chi connectivity index (χ1n) is 7.44. The first-order chi connectivity index (χ1) is 8.83. The van der Waals surface area contributed by atoms with Crippen LogP contribution >= 0.6 is 12.2 Å². The van der Waals surface area contributed by atoms with Crippen molar-refractivity contribution in [1.29, 1.82) is 0 Å². The molecule has 2 aliphatic carbocycles. The third kappa shape index (κ3) is 2.93. The summed E-state index contributed by atoms with van der Waals surface area (Å²) < 4.78 is 0. The van der Waals surface area contributed by atoms with E-state index in [-0.39, 0.29) is 5.91 Å². The van der Waals surface area contributed by atoms with Gasteiger partial charge in [0.05, 0.1) is 10.4 Å². The quantitative estimate of drug-likeness (QED) is 0.782. The molecule has 0 heterocycles. The Morgan fingerprint density at radius 3 is 2.05 bits per heavy atom. The molecule has 0 aromatic carbocycles. The van der Waals surface area contributed by atoms with Crippen molar-refractivity contribution in [3.63, 3.8) is 0 Å². The van der Waals surface area contributed by atoms with Gasteiger partial charge in [-0.15, -0.1) is 0 Å². The normalized spacial score (nSPS) is 42.3. The Balaban J connectivity index is 1.98. The summed E-state index contributed by atoms with van der Waals surface area (Å²) >= 11 is 5.14. The van der Waals surface area contributed by atoms with E-state index in [4.69, 9.17) is 18.0 Å². The highest BCUT2D eigenvalue weighted by atomic mass is 32.1. The Morgan fingerprint density at radius 2 is 1.63 bits per heavy atom. The molecule has 2 saturated carbocycles. The predicted octanol–water partition coefficient (Wildman–Crippen LogP) is 2.63. The van der Waals surface area contributed by atoms with E-state index in [0.717, 1.165) is 25.7 Å². The molecule has 2 aliphatic rings. The Morgan fingerprint density at radius 1 is 1.11 bits per heavy atom. The van der Waals surface area contributed by atoms with E-state index < -0.39 is 5.41 Å². The van der Waals surface area contributed by atoms with E-state index in [0.29, 0.717) is 28.8 Å². The molecule has 0 aliphatic heterocycles. The highest BCUT2D eigenvalue weighted by molar-refractivity contribution is 7.80. The molecule has 108 valence electrons. The van der Waals surface area contributed by atoms with Crippen molar-refractivity contribution < 1.29 is 4.79 Å². The van der Waals surface area contributed by atoms with Crippen LogP contribution in [0.3, 0.4) is 0 Å². The lowest BCUT2D eigenvalue weighted by Gasteiger charge is -2.45. The van der Waals surface area contributed by atoms with Crippen molar-refractivity contribution in [2.75, 3.05) is 0 Å². The first kappa shape index (κ1) is 14.8. The van der Waals surface area contributed by atoms with Gasteiger partial charge in [0.25, 0.3) is 0 Å². The molecule has 3 nitrogen and oxygen atoms in total. The Hall–Kier alpha value is -0.640. The van der Waals surface area contributed by atoms with E-state index in [9.17, 15) is 4.79 Å². The summed E-state index contributed by atoms with van der Waals surface area (Å²) in [5.41, 5.74) is 5.27. The fraction of sp³-hybridized carbons (Fsp3) is 0.867. The lowest BCUT2D eigenvalue weighted by Crippen LogP contribution is -2.58. The average molecular weight is 282 g/mol. The van der Waals surface area contributed by atoms with Crippen molar-refractivity contribution in [2.24, 2.45) is 28.9 Å². The largest absolute Gasteiger partial charge is 0.392 e. The molecule has 0 radical (unpaired) electrons. The van der Waals surface area contributed by atoms with Crippen molar-refractivity contribution in [3.05, 3.63) is 0 Å². The number of nitrogens with one attached hydrogen (secondary N) is 1. The second-order valence-electron chi connectivity index (χ2n) is 7.05. The average Bonchev–Trinajstić information content (AvgIpc) is 2.22. The SMILES string of the molecule is CC1CC(C)CC(NC(=O)C2(C(N)=S)CC(C)C2)C1. The summed E-state index contributed by atoms with van der Waals surface area (Å²) in [7, 11) is 0. The van der Waals surface area contributed by atoms with Gasteiger partial charge in [-0.1, -0.05) is 33.0 Å². The van der Waals surface area contributed by atoms with E-state index in [1.54, 1.807) is 0 Å². The van der Waals surface area contributed by atoms with Gasteiger partial charge in [0.2, 0.25) is 5.91 Å². The second-order valence-corrected chi connectivity index (χ2v) is 7.49. The summed E-state index contributed by atoms with van der Waals surface area (Å²) in [6.07, 6.45) is 5.06. The van der Waals surface area contributed by atoms with Crippen LogP contribution in [0.4, 0.5) is 0 Å². The zero-order chi connectivity index (χ0) is 14.2. The Bertz CT molecular complexity index is 366. The maximum absolute atomic E-state index is 12.5. The number of thiocarbonyl (C=S) groups is 1. The molecule has 2 rings (SSSR count). The number of carbonyl (C=O) groups is 1. The van der Waals surface area contributed by atoms with Gasteiger partial charge in [0.1, 0.15) is 0 Å². The van der Waals surface area contributed by atoms with Crippen LogP contribution in [0.2, 0.25) is 0 Å². The molecule has 2 atom stereocenters. The van der Waals surface area contributed by atoms with E-state index in [1.807, 2.05) is 0 Å². The van der Waals surface area contributed by atoms with Crippen molar-refractivity contribution in [2.45, 2.75) is 58.9 Å². The standard InChI is InChI=1S/C15H26N2OS/c1-9-4-10(2)6-12(5-9)17-14(18)15(13(16)19)7-11(3)8-15/h9-12H,4-8H2,1-3H3,(H2,16,19)(H,17,18). The van der Waals surface area contributed by atoms with Crippen molar-refractivity contribution in [3.8, 4) is 0 Å². The van der Waals surface area contributed by atoms with Gasteiger partial charge in [-0.05, 0) is 49.9 Å². The summed E-state index contributed by atoms with van der Waals surface area (Å²) in [6.45, 7) is 6.68. The molecule has 0 bridgehead atoms. The van der Waals surface area contributed by atoms with Crippen LogP contribution in [0.5, 0.6) is 0 Å². The maximum Gasteiger partial charge on any atom is 0.233 e. The van der Waals surface area contributed by atoms with Crippen molar-refractivity contribution >= 4 is 23.1 Å². The molecule has 0 saturated heterocycles. The van der Waals surface area contributed by atoms with E-state index in [1.165, 1.54) is 6.42 Å². The van der Waals surface area contributed by atoms with Gasteiger partial charge in [-0.25, -0.2) is 0 Å². The van der Waals surface area contributed by atoms with Crippen molar-refractivity contribution in [1.82, 2.24) is 5.32 Å². The summed E-state index contributed by atoms with van der Waals surface area (Å²) in [6, 6.07) is 0.299. The molecule has 0 spiro atoms. The summed E-state index contributed by atoms with van der Waals surface area (Å²) in [5, 5.41) is 3.22. The number of carbonyl (C=O) groups excluding carboxylic acids is 1. The molecule has 2 unspecified atom stereocenters. The third-order valence-electron chi connectivity index (χ3n) is 4.81. The summed E-state index contributed by atoms with van der Waals surface area (Å²) in [5.74, 6) is 2.01. The lowest BCUT2D eigenvalue weighted by molar-refractivity contribution is -0.134. The third-order valence-corrected chi connectivity index (χ3v) is 5.20. The molecule has 2 fully saturated rings. The summed E-state index contributed by atoms with van der Waals surface area (Å²) in [4.78, 5) is 12.9.